The van der Waals surface area contributed by atoms with Crippen LogP contribution in [0.25, 0.3) is 0 Å². The molecule has 0 heterocycles. The van der Waals surface area contributed by atoms with E-state index in [0.29, 0.717) is 23.8 Å². The molecule has 3 aromatic rings. The van der Waals surface area contributed by atoms with Crippen LogP contribution < -0.4 is 9.47 Å². The number of hydrogen-bond acceptors (Lipinski definition) is 3. The zero-order valence-electron chi connectivity index (χ0n) is 15.7. The Morgan fingerprint density at radius 3 is 1.96 bits per heavy atom. The Kier molecular flexibility index (Phi) is 6.26. The highest BCUT2D eigenvalue weighted by molar-refractivity contribution is 5.97. The quantitative estimate of drug-likeness (QED) is 0.487. The van der Waals surface area contributed by atoms with Gasteiger partial charge in [0.15, 0.2) is 12.4 Å². The van der Waals surface area contributed by atoms with Crippen molar-refractivity contribution in [2.75, 3.05) is 6.61 Å². The van der Waals surface area contributed by atoms with E-state index in [4.69, 9.17) is 9.47 Å². The second-order valence-corrected chi connectivity index (χ2v) is 6.73. The first-order valence-electron chi connectivity index (χ1n) is 9.14. The molecule has 0 N–H and O–H groups in total. The molecule has 0 amide bonds. The van der Waals surface area contributed by atoms with Crippen molar-refractivity contribution in [3.8, 4) is 11.5 Å². The summed E-state index contributed by atoms with van der Waals surface area (Å²) < 4.78 is 11.4. The fourth-order valence-corrected chi connectivity index (χ4v) is 2.66. The lowest BCUT2D eigenvalue weighted by atomic mass is 10.0. The summed E-state index contributed by atoms with van der Waals surface area (Å²) in [4.78, 5) is 12.3. The van der Waals surface area contributed by atoms with E-state index in [9.17, 15) is 4.79 Å². The minimum atomic E-state index is -0.0327. The number of ketones is 1. The summed E-state index contributed by atoms with van der Waals surface area (Å²) in [5.41, 5.74) is 3.01. The maximum Gasteiger partial charge on any atom is 0.200 e. The van der Waals surface area contributed by atoms with Gasteiger partial charge in [-0.2, -0.15) is 0 Å². The highest BCUT2D eigenvalue weighted by Crippen LogP contribution is 2.19. The number of benzene rings is 3. The molecule has 138 valence electrons. The second-order valence-electron chi connectivity index (χ2n) is 6.73. The Balaban J connectivity index is 1.50. The zero-order chi connectivity index (χ0) is 19.1. The zero-order valence-corrected chi connectivity index (χ0v) is 15.7. The van der Waals surface area contributed by atoms with Crippen LogP contribution in [0.15, 0.2) is 78.9 Å². The summed E-state index contributed by atoms with van der Waals surface area (Å²) in [5, 5.41) is 0. The normalized spacial score (nSPS) is 10.6. The van der Waals surface area contributed by atoms with Crippen molar-refractivity contribution >= 4 is 5.78 Å². The number of carbonyl (C=O) groups is 1. The molecular formula is C24H24O3. The van der Waals surface area contributed by atoms with Gasteiger partial charge in [-0.05, 0) is 41.3 Å². The van der Waals surface area contributed by atoms with E-state index in [1.165, 1.54) is 5.56 Å². The van der Waals surface area contributed by atoms with Crippen molar-refractivity contribution in [3.05, 3.63) is 95.6 Å². The summed E-state index contributed by atoms with van der Waals surface area (Å²) in [6, 6.07) is 25.1. The molecule has 0 unspecified atom stereocenters. The van der Waals surface area contributed by atoms with Crippen LogP contribution in [-0.4, -0.2) is 12.4 Å². The van der Waals surface area contributed by atoms with Crippen LogP contribution >= 0.6 is 0 Å². The molecule has 0 bridgehead atoms. The maximum atomic E-state index is 12.3. The number of hydrogen-bond donors (Lipinski definition) is 0. The van der Waals surface area contributed by atoms with Crippen molar-refractivity contribution in [2.45, 2.75) is 26.4 Å². The molecule has 0 saturated carbocycles. The Hall–Kier alpha value is -3.07. The van der Waals surface area contributed by atoms with E-state index in [-0.39, 0.29) is 12.4 Å². The van der Waals surface area contributed by atoms with Gasteiger partial charge in [0.1, 0.15) is 18.1 Å². The highest BCUT2D eigenvalue weighted by Gasteiger charge is 2.08. The fraction of sp³-hybridized carbons (Fsp3) is 0.208. The van der Waals surface area contributed by atoms with E-state index in [1.807, 2.05) is 78.9 Å². The van der Waals surface area contributed by atoms with E-state index in [0.717, 1.165) is 11.3 Å². The van der Waals surface area contributed by atoms with Gasteiger partial charge in [-0.25, -0.2) is 0 Å². The second kappa shape index (κ2) is 9.04. The van der Waals surface area contributed by atoms with Gasteiger partial charge in [0.05, 0.1) is 0 Å². The summed E-state index contributed by atoms with van der Waals surface area (Å²) in [6.07, 6.45) is 0. The molecule has 0 aliphatic rings. The van der Waals surface area contributed by atoms with Crippen molar-refractivity contribution in [2.24, 2.45) is 0 Å². The molecule has 3 heteroatoms. The first-order chi connectivity index (χ1) is 13.1. The molecule has 0 spiro atoms. The van der Waals surface area contributed by atoms with Crippen LogP contribution in [-0.2, 0) is 6.61 Å². The SMILES string of the molecule is CC(C)c1ccc(C(=O)COc2ccc(OCc3ccccc3)cc2)cc1. The molecule has 0 radical (unpaired) electrons. The molecular weight excluding hydrogens is 336 g/mol. The number of rotatable bonds is 8. The first kappa shape index (κ1) is 18.7. The lowest BCUT2D eigenvalue weighted by Gasteiger charge is -2.09. The summed E-state index contributed by atoms with van der Waals surface area (Å²) >= 11 is 0. The van der Waals surface area contributed by atoms with Crippen LogP contribution in [0.1, 0.15) is 41.3 Å². The summed E-state index contributed by atoms with van der Waals surface area (Å²) in [6.45, 7) is 4.80. The molecule has 0 aliphatic carbocycles. The van der Waals surface area contributed by atoms with Crippen molar-refractivity contribution < 1.29 is 14.3 Å². The van der Waals surface area contributed by atoms with Crippen LogP contribution in [0.2, 0.25) is 0 Å². The van der Waals surface area contributed by atoms with Gasteiger partial charge >= 0.3 is 0 Å². The van der Waals surface area contributed by atoms with Gasteiger partial charge in [0.2, 0.25) is 0 Å². The van der Waals surface area contributed by atoms with Gasteiger partial charge in [-0.3, -0.25) is 4.79 Å². The van der Waals surface area contributed by atoms with E-state index >= 15 is 0 Å². The van der Waals surface area contributed by atoms with Gasteiger partial charge in [0, 0.05) is 5.56 Å². The third kappa shape index (κ3) is 5.45. The van der Waals surface area contributed by atoms with E-state index < -0.39 is 0 Å². The van der Waals surface area contributed by atoms with Crippen LogP contribution in [0.5, 0.6) is 11.5 Å². The van der Waals surface area contributed by atoms with Gasteiger partial charge in [-0.1, -0.05) is 68.4 Å². The molecule has 0 fully saturated rings. The van der Waals surface area contributed by atoms with Gasteiger partial charge in [-0.15, -0.1) is 0 Å². The highest BCUT2D eigenvalue weighted by atomic mass is 16.5. The van der Waals surface area contributed by atoms with Gasteiger partial charge < -0.3 is 9.47 Å². The average molecular weight is 360 g/mol. The Morgan fingerprint density at radius 1 is 0.778 bits per heavy atom. The third-order valence-electron chi connectivity index (χ3n) is 4.34. The Labute approximate surface area is 160 Å². The van der Waals surface area contributed by atoms with Gasteiger partial charge in [0.25, 0.3) is 0 Å². The summed E-state index contributed by atoms with van der Waals surface area (Å²) in [7, 11) is 0. The molecule has 0 saturated heterocycles. The standard InChI is InChI=1S/C24H24O3/c1-18(2)20-8-10-21(11-9-20)24(25)17-27-23-14-12-22(13-15-23)26-16-19-6-4-3-5-7-19/h3-15,18H,16-17H2,1-2H3. The fourth-order valence-electron chi connectivity index (χ4n) is 2.66. The minimum absolute atomic E-state index is 0.0191. The molecule has 0 aliphatic heterocycles. The average Bonchev–Trinajstić information content (AvgIpc) is 2.72. The van der Waals surface area contributed by atoms with E-state index in [1.54, 1.807) is 0 Å². The monoisotopic (exact) mass is 360 g/mol. The molecule has 3 aromatic carbocycles. The first-order valence-corrected chi connectivity index (χ1v) is 9.14. The molecule has 3 rings (SSSR count). The molecule has 0 aromatic heterocycles. The largest absolute Gasteiger partial charge is 0.489 e. The number of ether oxygens (including phenoxy) is 2. The Morgan fingerprint density at radius 2 is 1.37 bits per heavy atom. The lowest BCUT2D eigenvalue weighted by molar-refractivity contribution is 0.0921. The topological polar surface area (TPSA) is 35.5 Å². The number of carbonyl (C=O) groups excluding carboxylic acids is 1. The smallest absolute Gasteiger partial charge is 0.200 e. The van der Waals surface area contributed by atoms with Crippen LogP contribution in [0, 0.1) is 0 Å². The van der Waals surface area contributed by atoms with Crippen LogP contribution in [0.3, 0.4) is 0 Å². The summed E-state index contributed by atoms with van der Waals surface area (Å²) in [5.74, 6) is 1.83. The molecule has 3 nitrogen and oxygen atoms in total. The predicted molar refractivity (Wildman–Crippen MR) is 108 cm³/mol. The number of Topliss-reactive ketones (excluding diaryl/α,β-unsaturated/α-hetero) is 1. The van der Waals surface area contributed by atoms with Crippen molar-refractivity contribution in [1.82, 2.24) is 0 Å². The third-order valence-corrected chi connectivity index (χ3v) is 4.34. The lowest BCUT2D eigenvalue weighted by Crippen LogP contribution is -2.11. The van der Waals surface area contributed by atoms with Crippen molar-refractivity contribution in [3.63, 3.8) is 0 Å². The minimum Gasteiger partial charge on any atom is -0.489 e. The van der Waals surface area contributed by atoms with E-state index in [2.05, 4.69) is 13.8 Å². The predicted octanol–water partition coefficient (Wildman–Crippen LogP) is 5.65. The molecule has 0 atom stereocenters. The molecule has 27 heavy (non-hydrogen) atoms. The maximum absolute atomic E-state index is 12.3. The Bertz CT molecular complexity index is 850. The van der Waals surface area contributed by atoms with Crippen molar-refractivity contribution in [1.29, 1.82) is 0 Å². The van der Waals surface area contributed by atoms with Crippen LogP contribution in [0.4, 0.5) is 0 Å².